The number of halogens is 1. The van der Waals surface area contributed by atoms with Crippen molar-refractivity contribution in [1.82, 2.24) is 4.57 Å². The quantitative estimate of drug-likeness (QED) is 0.241. The Morgan fingerprint density at radius 2 is 1.76 bits per heavy atom. The minimum Gasteiger partial charge on any atom is -0.493 e. The lowest BCUT2D eigenvalue weighted by Gasteiger charge is -2.24. The van der Waals surface area contributed by atoms with Gasteiger partial charge in [0.1, 0.15) is 5.75 Å². The summed E-state index contributed by atoms with van der Waals surface area (Å²) in [7, 11) is 0. The van der Waals surface area contributed by atoms with Crippen LogP contribution >= 0.6 is 27.7 Å². The summed E-state index contributed by atoms with van der Waals surface area (Å²) < 4.78 is 20.8. The van der Waals surface area contributed by atoms with Gasteiger partial charge in [-0.05, 0) is 56.7 Å². The molecule has 1 N–H and O–H groups in total. The zero-order valence-corrected chi connectivity index (χ0v) is 25.5. The number of carboxylic acid groups (broad SMARTS) is 1. The van der Waals surface area contributed by atoms with Crippen molar-refractivity contribution in [3.63, 3.8) is 0 Å². The second kappa shape index (κ2) is 11.2. The maximum Gasteiger partial charge on any atom is 0.309 e. The average Bonchev–Trinajstić information content (AvgIpc) is 3.36. The average molecular weight is 605 g/mol. The highest BCUT2D eigenvalue weighted by Crippen LogP contribution is 2.44. The van der Waals surface area contributed by atoms with Gasteiger partial charge in [0, 0.05) is 50.1 Å². The van der Waals surface area contributed by atoms with E-state index in [0.29, 0.717) is 39.2 Å². The molecule has 8 heteroatoms. The zero-order chi connectivity index (χ0) is 27.7. The maximum absolute atomic E-state index is 12.2. The Hall–Kier alpha value is -2.00. The van der Waals surface area contributed by atoms with Crippen LogP contribution in [0.1, 0.15) is 59.2 Å². The van der Waals surface area contributed by atoms with E-state index in [1.54, 1.807) is 25.6 Å². The molecule has 1 aromatic heterocycles. The number of thioether (sulfide) groups is 1. The van der Waals surface area contributed by atoms with Crippen LogP contribution in [0.25, 0.3) is 10.9 Å². The summed E-state index contributed by atoms with van der Waals surface area (Å²) in [6, 6.07) is 14.5. The SMILES string of the molecule is CC1(CCOc2ccc3c(c2)c(SC(C)(C)C)c(CC(C)(C)C(=O)O)n3Cc2ccc(Br)cc2)OCCO1. The van der Waals surface area contributed by atoms with Crippen molar-refractivity contribution in [3.8, 4) is 5.75 Å². The van der Waals surface area contributed by atoms with E-state index in [-0.39, 0.29) is 4.75 Å². The first-order chi connectivity index (χ1) is 17.8. The van der Waals surface area contributed by atoms with Gasteiger partial charge in [0.05, 0.1) is 25.2 Å². The van der Waals surface area contributed by atoms with E-state index >= 15 is 0 Å². The van der Waals surface area contributed by atoms with Crippen LogP contribution in [0.4, 0.5) is 0 Å². The van der Waals surface area contributed by atoms with E-state index in [0.717, 1.165) is 37.3 Å². The fourth-order valence-corrected chi connectivity index (χ4v) is 5.99. The number of aromatic nitrogens is 1. The summed E-state index contributed by atoms with van der Waals surface area (Å²) in [6.45, 7) is 14.4. The lowest BCUT2D eigenvalue weighted by Crippen LogP contribution is -2.28. The predicted octanol–water partition coefficient (Wildman–Crippen LogP) is 7.53. The van der Waals surface area contributed by atoms with Gasteiger partial charge in [0.25, 0.3) is 0 Å². The molecule has 1 aliphatic heterocycles. The fourth-order valence-electron chi connectivity index (χ4n) is 4.54. The standard InChI is InChI=1S/C30H38BrNO5S/c1-28(2,3)38-26-23-17-22(35-14-13-30(6)36-15-16-37-30)11-12-24(23)32(19-20-7-9-21(31)10-8-20)25(26)18-29(4,5)27(33)34/h7-12,17H,13-16,18-19H2,1-6H3,(H,33,34). The highest BCUT2D eigenvalue weighted by atomic mass is 79.9. The Morgan fingerprint density at radius 3 is 2.37 bits per heavy atom. The van der Waals surface area contributed by atoms with Crippen molar-refractivity contribution in [2.75, 3.05) is 19.8 Å². The Balaban J connectivity index is 1.78. The normalized spacial score (nSPS) is 15.8. The number of hydrogen-bond donors (Lipinski definition) is 1. The van der Waals surface area contributed by atoms with Gasteiger partial charge in [-0.3, -0.25) is 4.79 Å². The molecule has 1 fully saturated rings. The van der Waals surface area contributed by atoms with Gasteiger partial charge in [0.15, 0.2) is 5.79 Å². The van der Waals surface area contributed by atoms with Gasteiger partial charge in [0.2, 0.25) is 0 Å². The van der Waals surface area contributed by atoms with Gasteiger partial charge in [-0.25, -0.2) is 0 Å². The molecule has 2 heterocycles. The summed E-state index contributed by atoms with van der Waals surface area (Å²) >= 11 is 5.30. The Labute approximate surface area is 238 Å². The third-order valence-corrected chi connectivity index (χ3v) is 8.47. The number of carbonyl (C=O) groups is 1. The second-order valence-electron chi connectivity index (χ2n) is 11.7. The van der Waals surface area contributed by atoms with Crippen LogP contribution in [0, 0.1) is 5.41 Å². The third-order valence-electron chi connectivity index (χ3n) is 6.66. The van der Waals surface area contributed by atoms with Gasteiger partial charge >= 0.3 is 5.97 Å². The van der Waals surface area contributed by atoms with Crippen LogP contribution in [0.5, 0.6) is 5.75 Å². The molecule has 4 rings (SSSR count). The summed E-state index contributed by atoms with van der Waals surface area (Å²) in [4.78, 5) is 13.3. The Bertz CT molecular complexity index is 1290. The number of ether oxygens (including phenoxy) is 3. The molecule has 0 aliphatic carbocycles. The summed E-state index contributed by atoms with van der Waals surface area (Å²) in [5.74, 6) is -0.626. The molecular weight excluding hydrogens is 566 g/mol. The van der Waals surface area contributed by atoms with Gasteiger partial charge < -0.3 is 23.9 Å². The maximum atomic E-state index is 12.2. The van der Waals surface area contributed by atoms with Crippen molar-refractivity contribution >= 4 is 44.6 Å². The number of nitrogens with zero attached hydrogens (tertiary/aromatic N) is 1. The Morgan fingerprint density at radius 1 is 1.11 bits per heavy atom. The number of benzene rings is 2. The molecule has 0 saturated carbocycles. The van der Waals surface area contributed by atoms with Crippen molar-refractivity contribution in [3.05, 3.63) is 58.2 Å². The van der Waals surface area contributed by atoms with E-state index in [4.69, 9.17) is 14.2 Å². The van der Waals surface area contributed by atoms with Crippen LogP contribution in [0.2, 0.25) is 0 Å². The number of carboxylic acids is 1. The topological polar surface area (TPSA) is 69.9 Å². The predicted molar refractivity (Wildman–Crippen MR) is 156 cm³/mol. The minimum atomic E-state index is -0.922. The Kier molecular flexibility index (Phi) is 8.58. The molecule has 3 aromatic rings. The first-order valence-corrected chi connectivity index (χ1v) is 14.6. The highest BCUT2D eigenvalue weighted by molar-refractivity contribution is 9.10. The number of hydrogen-bond acceptors (Lipinski definition) is 5. The van der Waals surface area contributed by atoms with Gasteiger partial charge in [-0.1, -0.05) is 48.8 Å². The van der Waals surface area contributed by atoms with E-state index < -0.39 is 17.2 Å². The molecule has 6 nitrogen and oxygen atoms in total. The molecule has 0 radical (unpaired) electrons. The molecule has 0 spiro atoms. The van der Waals surface area contributed by atoms with E-state index in [1.807, 2.05) is 25.1 Å². The van der Waals surface area contributed by atoms with Crippen LogP contribution in [-0.4, -0.2) is 46.0 Å². The van der Waals surface area contributed by atoms with Crippen molar-refractivity contribution in [2.24, 2.45) is 5.41 Å². The second-order valence-corrected chi connectivity index (χ2v) is 14.4. The van der Waals surface area contributed by atoms with Crippen LogP contribution < -0.4 is 4.74 Å². The molecule has 0 bridgehead atoms. The molecule has 38 heavy (non-hydrogen) atoms. The van der Waals surface area contributed by atoms with Crippen molar-refractivity contribution in [2.45, 2.75) is 76.4 Å². The smallest absolute Gasteiger partial charge is 0.309 e. The summed E-state index contributed by atoms with van der Waals surface area (Å²) in [6.07, 6.45) is 1.05. The summed E-state index contributed by atoms with van der Waals surface area (Å²) in [5, 5.41) is 11.1. The minimum absolute atomic E-state index is 0.0680. The molecule has 0 atom stereocenters. The van der Waals surface area contributed by atoms with Gasteiger partial charge in [-0.15, -0.1) is 11.8 Å². The number of aliphatic carboxylic acids is 1. The lowest BCUT2D eigenvalue weighted by molar-refractivity contribution is -0.150. The number of rotatable bonds is 10. The van der Waals surface area contributed by atoms with Crippen LogP contribution in [-0.2, 0) is 27.2 Å². The van der Waals surface area contributed by atoms with Crippen molar-refractivity contribution in [1.29, 1.82) is 0 Å². The largest absolute Gasteiger partial charge is 0.493 e. The monoisotopic (exact) mass is 603 g/mol. The van der Waals surface area contributed by atoms with Gasteiger partial charge in [-0.2, -0.15) is 0 Å². The highest BCUT2D eigenvalue weighted by Gasteiger charge is 2.33. The first kappa shape index (κ1) is 29.0. The van der Waals surface area contributed by atoms with E-state index in [9.17, 15) is 9.90 Å². The number of fused-ring (bicyclic) bond motifs is 1. The van der Waals surface area contributed by atoms with Crippen LogP contribution in [0.15, 0.2) is 51.8 Å². The third kappa shape index (κ3) is 6.95. The van der Waals surface area contributed by atoms with E-state index in [1.165, 1.54) is 0 Å². The molecule has 0 unspecified atom stereocenters. The van der Waals surface area contributed by atoms with E-state index in [2.05, 4.69) is 65.5 Å². The molecule has 2 aromatic carbocycles. The lowest BCUT2D eigenvalue weighted by atomic mass is 9.88. The molecule has 0 amide bonds. The molecule has 206 valence electrons. The molecular formula is C30H38BrNO5S. The zero-order valence-electron chi connectivity index (χ0n) is 23.1. The van der Waals surface area contributed by atoms with Crippen molar-refractivity contribution < 1.29 is 24.1 Å². The molecule has 1 saturated heterocycles. The fraction of sp³-hybridized carbons (Fsp3) is 0.500. The van der Waals surface area contributed by atoms with Crippen LogP contribution in [0.3, 0.4) is 0 Å². The first-order valence-electron chi connectivity index (χ1n) is 13.0. The molecule has 1 aliphatic rings. The summed E-state index contributed by atoms with van der Waals surface area (Å²) in [5.41, 5.74) is 2.33.